The average molecular weight is 262 g/mol. The molecule has 2 amide bonds. The van der Waals surface area contributed by atoms with Gasteiger partial charge in [-0.3, -0.25) is 9.59 Å². The molecule has 1 aliphatic heterocycles. The molecule has 0 spiro atoms. The SMILES string of the molecule is COC(=O)[C@H](C)NC(=O)c1ccc2c(c1)NC(=O)C2. The van der Waals surface area contributed by atoms with E-state index in [1.807, 2.05) is 0 Å². The molecule has 1 aromatic carbocycles. The molecule has 1 aromatic rings. The Morgan fingerprint density at radius 1 is 1.42 bits per heavy atom. The van der Waals surface area contributed by atoms with Crippen LogP contribution in [0.1, 0.15) is 22.8 Å². The van der Waals surface area contributed by atoms with Gasteiger partial charge in [0.05, 0.1) is 13.5 Å². The van der Waals surface area contributed by atoms with Gasteiger partial charge in [0.25, 0.3) is 5.91 Å². The first-order valence-electron chi connectivity index (χ1n) is 5.82. The van der Waals surface area contributed by atoms with Crippen LogP contribution in [-0.2, 0) is 20.7 Å². The fourth-order valence-corrected chi connectivity index (χ4v) is 1.87. The van der Waals surface area contributed by atoms with Crippen molar-refractivity contribution in [2.75, 3.05) is 12.4 Å². The number of rotatable bonds is 3. The topological polar surface area (TPSA) is 84.5 Å². The predicted octanol–water partition coefficient (Wildman–Crippen LogP) is 0.472. The van der Waals surface area contributed by atoms with Crippen LogP contribution in [0, 0.1) is 0 Å². The molecule has 2 N–H and O–H groups in total. The molecule has 0 aliphatic carbocycles. The minimum absolute atomic E-state index is 0.0875. The largest absolute Gasteiger partial charge is 0.467 e. The number of carbonyl (C=O) groups excluding carboxylic acids is 3. The Balaban J connectivity index is 2.11. The highest BCUT2D eigenvalue weighted by Gasteiger charge is 2.21. The van der Waals surface area contributed by atoms with Crippen molar-refractivity contribution in [1.82, 2.24) is 5.32 Å². The van der Waals surface area contributed by atoms with E-state index < -0.39 is 12.0 Å². The lowest BCUT2D eigenvalue weighted by atomic mass is 10.1. The quantitative estimate of drug-likeness (QED) is 0.776. The van der Waals surface area contributed by atoms with Crippen LogP contribution in [0.3, 0.4) is 0 Å². The first-order chi connectivity index (χ1) is 9.01. The molecule has 0 aromatic heterocycles. The maximum absolute atomic E-state index is 11.9. The molecular weight excluding hydrogens is 248 g/mol. The number of carbonyl (C=O) groups is 3. The second kappa shape index (κ2) is 5.09. The molecule has 1 heterocycles. The number of fused-ring (bicyclic) bond motifs is 1. The Hall–Kier alpha value is -2.37. The molecule has 1 aliphatic rings. The normalized spacial score (nSPS) is 14.3. The third-order valence-corrected chi connectivity index (χ3v) is 2.90. The van der Waals surface area contributed by atoms with Gasteiger partial charge < -0.3 is 15.4 Å². The first-order valence-corrected chi connectivity index (χ1v) is 5.82. The zero-order valence-electron chi connectivity index (χ0n) is 10.6. The summed E-state index contributed by atoms with van der Waals surface area (Å²) in [6.45, 7) is 1.54. The van der Waals surface area contributed by atoms with Crippen molar-refractivity contribution >= 4 is 23.5 Å². The summed E-state index contributed by atoms with van der Waals surface area (Å²) in [7, 11) is 1.26. The number of anilines is 1. The van der Waals surface area contributed by atoms with Crippen LogP contribution in [0.2, 0.25) is 0 Å². The maximum atomic E-state index is 11.9. The van der Waals surface area contributed by atoms with Crippen LogP contribution >= 0.6 is 0 Å². The predicted molar refractivity (Wildman–Crippen MR) is 67.7 cm³/mol. The van der Waals surface area contributed by atoms with Crippen LogP contribution < -0.4 is 10.6 Å². The summed E-state index contributed by atoms with van der Waals surface area (Å²) < 4.78 is 4.53. The molecule has 0 fully saturated rings. The Bertz CT molecular complexity index is 554. The van der Waals surface area contributed by atoms with Gasteiger partial charge in [0, 0.05) is 11.3 Å². The van der Waals surface area contributed by atoms with E-state index in [2.05, 4.69) is 15.4 Å². The van der Waals surface area contributed by atoms with Gasteiger partial charge in [-0.2, -0.15) is 0 Å². The summed E-state index contributed by atoms with van der Waals surface area (Å²) in [6, 6.07) is 4.23. The monoisotopic (exact) mass is 262 g/mol. The molecule has 0 saturated heterocycles. The van der Waals surface area contributed by atoms with Gasteiger partial charge in [0.15, 0.2) is 0 Å². The van der Waals surface area contributed by atoms with Crippen LogP contribution in [0.15, 0.2) is 18.2 Å². The lowest BCUT2D eigenvalue weighted by Gasteiger charge is -2.12. The first kappa shape index (κ1) is 13.1. The van der Waals surface area contributed by atoms with Crippen molar-refractivity contribution in [2.45, 2.75) is 19.4 Å². The standard InChI is InChI=1S/C13H14N2O4/c1-7(13(18)19-2)14-12(17)9-4-3-8-6-11(16)15-10(8)5-9/h3-5,7H,6H2,1-2H3,(H,14,17)(H,15,16)/t7-/m0/s1. The molecule has 0 saturated carbocycles. The molecule has 0 unspecified atom stereocenters. The van der Waals surface area contributed by atoms with Gasteiger partial charge in [0.2, 0.25) is 5.91 Å². The van der Waals surface area contributed by atoms with Gasteiger partial charge in [-0.05, 0) is 24.6 Å². The molecule has 6 heteroatoms. The Labute approximate surface area is 110 Å². The van der Waals surface area contributed by atoms with Gasteiger partial charge in [-0.1, -0.05) is 6.07 Å². The van der Waals surface area contributed by atoms with Crippen molar-refractivity contribution < 1.29 is 19.1 Å². The Kier molecular flexibility index (Phi) is 3.50. The lowest BCUT2D eigenvalue weighted by molar-refractivity contribution is -0.142. The maximum Gasteiger partial charge on any atom is 0.328 e. The summed E-state index contributed by atoms with van der Waals surface area (Å²) >= 11 is 0. The van der Waals surface area contributed by atoms with E-state index in [0.29, 0.717) is 17.7 Å². The summed E-state index contributed by atoms with van der Waals surface area (Å²) in [5.41, 5.74) is 1.89. The summed E-state index contributed by atoms with van der Waals surface area (Å²) in [6.07, 6.45) is 0.329. The zero-order valence-corrected chi connectivity index (χ0v) is 10.6. The van der Waals surface area contributed by atoms with Crippen molar-refractivity contribution in [3.8, 4) is 0 Å². The molecule has 0 bridgehead atoms. The number of nitrogens with one attached hydrogen (secondary N) is 2. The number of methoxy groups -OCH3 is 1. The fourth-order valence-electron chi connectivity index (χ4n) is 1.87. The van der Waals surface area contributed by atoms with E-state index in [1.54, 1.807) is 25.1 Å². The Morgan fingerprint density at radius 2 is 2.16 bits per heavy atom. The van der Waals surface area contributed by atoms with E-state index in [1.165, 1.54) is 7.11 Å². The van der Waals surface area contributed by atoms with Gasteiger partial charge in [0.1, 0.15) is 6.04 Å². The van der Waals surface area contributed by atoms with Crippen molar-refractivity contribution in [3.05, 3.63) is 29.3 Å². The number of hydrogen-bond donors (Lipinski definition) is 2. The van der Waals surface area contributed by atoms with Crippen molar-refractivity contribution in [3.63, 3.8) is 0 Å². The van der Waals surface area contributed by atoms with E-state index in [0.717, 1.165) is 5.56 Å². The summed E-state index contributed by atoms with van der Waals surface area (Å²) in [5, 5.41) is 5.19. The van der Waals surface area contributed by atoms with E-state index in [9.17, 15) is 14.4 Å². The number of amides is 2. The Morgan fingerprint density at radius 3 is 2.84 bits per heavy atom. The second-order valence-corrected chi connectivity index (χ2v) is 4.32. The molecule has 6 nitrogen and oxygen atoms in total. The van der Waals surface area contributed by atoms with E-state index in [4.69, 9.17) is 0 Å². The lowest BCUT2D eigenvalue weighted by Crippen LogP contribution is -2.39. The van der Waals surface area contributed by atoms with Crippen LogP contribution in [0.4, 0.5) is 5.69 Å². The minimum atomic E-state index is -0.722. The fraction of sp³-hybridized carbons (Fsp3) is 0.308. The second-order valence-electron chi connectivity index (χ2n) is 4.32. The number of ether oxygens (including phenoxy) is 1. The van der Waals surface area contributed by atoms with E-state index in [-0.39, 0.29) is 11.8 Å². The average Bonchev–Trinajstić information content (AvgIpc) is 2.76. The molecule has 0 radical (unpaired) electrons. The third-order valence-electron chi connectivity index (χ3n) is 2.90. The third kappa shape index (κ3) is 2.73. The number of benzene rings is 1. The highest BCUT2D eigenvalue weighted by molar-refractivity contribution is 6.02. The molecular formula is C13H14N2O4. The minimum Gasteiger partial charge on any atom is -0.467 e. The van der Waals surface area contributed by atoms with Gasteiger partial charge in [-0.25, -0.2) is 4.79 Å². The zero-order chi connectivity index (χ0) is 14.0. The highest BCUT2D eigenvalue weighted by atomic mass is 16.5. The smallest absolute Gasteiger partial charge is 0.328 e. The van der Waals surface area contributed by atoms with Crippen LogP contribution in [0.5, 0.6) is 0 Å². The van der Waals surface area contributed by atoms with Crippen molar-refractivity contribution in [1.29, 1.82) is 0 Å². The number of hydrogen-bond acceptors (Lipinski definition) is 4. The van der Waals surface area contributed by atoms with Crippen LogP contribution in [0.25, 0.3) is 0 Å². The van der Waals surface area contributed by atoms with Crippen molar-refractivity contribution in [2.24, 2.45) is 0 Å². The van der Waals surface area contributed by atoms with Gasteiger partial charge in [-0.15, -0.1) is 0 Å². The molecule has 1 atom stereocenters. The van der Waals surface area contributed by atoms with Gasteiger partial charge >= 0.3 is 5.97 Å². The molecule has 2 rings (SSSR count). The summed E-state index contributed by atoms with van der Waals surface area (Å²) in [5.74, 6) is -0.986. The van der Waals surface area contributed by atoms with Crippen LogP contribution in [-0.4, -0.2) is 30.9 Å². The summed E-state index contributed by atoms with van der Waals surface area (Å²) in [4.78, 5) is 34.4. The molecule has 100 valence electrons. The molecule has 19 heavy (non-hydrogen) atoms. The highest BCUT2D eigenvalue weighted by Crippen LogP contribution is 2.23. The number of esters is 1. The van der Waals surface area contributed by atoms with E-state index >= 15 is 0 Å².